The summed E-state index contributed by atoms with van der Waals surface area (Å²) in [4.78, 5) is 0. The molecule has 1 unspecified atom stereocenters. The smallest absolute Gasteiger partial charge is 0.0423 e. The van der Waals surface area contributed by atoms with Crippen molar-refractivity contribution in [1.29, 1.82) is 0 Å². The average Bonchev–Trinajstić information content (AvgIpc) is 2.44. The molecule has 1 N–H and O–H groups in total. The molecule has 2 aromatic carbocycles. The van der Waals surface area contributed by atoms with Crippen LogP contribution < -0.4 is 5.32 Å². The van der Waals surface area contributed by atoms with Crippen molar-refractivity contribution in [2.45, 2.75) is 26.3 Å². The summed E-state index contributed by atoms with van der Waals surface area (Å²) in [7, 11) is 0. The van der Waals surface area contributed by atoms with E-state index in [9.17, 15) is 0 Å². The minimum Gasteiger partial charge on any atom is -0.380 e. The standard InChI is InChI=1S/C17H20BrNS/c1-17(2)9-10-20-11-16(17)19-15-8-7-14(18)12-5-3-4-6-13(12)15/h3-8,16,19H,9-11H2,1-2H3. The normalized spacial score (nSPS) is 21.9. The number of benzene rings is 2. The Balaban J connectivity index is 1.97. The molecule has 0 amide bonds. The summed E-state index contributed by atoms with van der Waals surface area (Å²) in [6.07, 6.45) is 1.28. The van der Waals surface area contributed by atoms with Gasteiger partial charge in [-0.25, -0.2) is 0 Å². The summed E-state index contributed by atoms with van der Waals surface area (Å²) in [5.74, 6) is 2.48. The molecule has 1 nitrogen and oxygen atoms in total. The van der Waals surface area contributed by atoms with Crippen LogP contribution in [0.15, 0.2) is 40.9 Å². The first-order valence-electron chi connectivity index (χ1n) is 7.09. The molecule has 0 saturated carbocycles. The van der Waals surface area contributed by atoms with Gasteiger partial charge in [-0.05, 0) is 35.1 Å². The number of fused-ring (bicyclic) bond motifs is 1. The maximum atomic E-state index is 3.80. The van der Waals surface area contributed by atoms with Crippen molar-refractivity contribution in [1.82, 2.24) is 0 Å². The SMILES string of the molecule is CC1(C)CCSCC1Nc1ccc(Br)c2ccccc12. The van der Waals surface area contributed by atoms with E-state index >= 15 is 0 Å². The first kappa shape index (κ1) is 14.3. The molecule has 1 atom stereocenters. The lowest BCUT2D eigenvalue weighted by molar-refractivity contribution is 0.305. The summed E-state index contributed by atoms with van der Waals surface area (Å²) >= 11 is 5.71. The van der Waals surface area contributed by atoms with Gasteiger partial charge in [-0.15, -0.1) is 0 Å². The molecule has 2 aromatic rings. The predicted molar refractivity (Wildman–Crippen MR) is 94.8 cm³/mol. The second-order valence-electron chi connectivity index (χ2n) is 6.15. The van der Waals surface area contributed by atoms with E-state index in [2.05, 4.69) is 83.3 Å². The Hall–Kier alpha value is -0.670. The van der Waals surface area contributed by atoms with E-state index in [4.69, 9.17) is 0 Å². The average molecular weight is 350 g/mol. The van der Waals surface area contributed by atoms with Crippen molar-refractivity contribution in [3.05, 3.63) is 40.9 Å². The zero-order chi connectivity index (χ0) is 14.2. The van der Waals surface area contributed by atoms with E-state index < -0.39 is 0 Å². The van der Waals surface area contributed by atoms with Crippen molar-refractivity contribution in [2.24, 2.45) is 5.41 Å². The Bertz CT molecular complexity index is 623. The molecule has 0 aliphatic carbocycles. The highest BCUT2D eigenvalue weighted by molar-refractivity contribution is 9.10. The monoisotopic (exact) mass is 349 g/mol. The fourth-order valence-corrected chi connectivity index (χ4v) is 4.83. The lowest BCUT2D eigenvalue weighted by Gasteiger charge is -2.39. The first-order valence-corrected chi connectivity index (χ1v) is 9.04. The first-order chi connectivity index (χ1) is 9.58. The quantitative estimate of drug-likeness (QED) is 0.762. The van der Waals surface area contributed by atoms with Gasteiger partial charge in [0, 0.05) is 27.3 Å². The van der Waals surface area contributed by atoms with Crippen LogP contribution in [0.4, 0.5) is 5.69 Å². The summed E-state index contributed by atoms with van der Waals surface area (Å²) in [6, 6.07) is 13.5. The van der Waals surface area contributed by atoms with E-state index in [0.717, 1.165) is 4.47 Å². The maximum absolute atomic E-state index is 3.80. The van der Waals surface area contributed by atoms with Crippen molar-refractivity contribution in [2.75, 3.05) is 16.8 Å². The molecule has 106 valence electrons. The number of hydrogen-bond donors (Lipinski definition) is 1. The minimum absolute atomic E-state index is 0.361. The Kier molecular flexibility index (Phi) is 4.00. The van der Waals surface area contributed by atoms with Gasteiger partial charge in [0.15, 0.2) is 0 Å². The van der Waals surface area contributed by atoms with Gasteiger partial charge in [-0.2, -0.15) is 11.8 Å². The van der Waals surface area contributed by atoms with E-state index in [1.165, 1.54) is 34.4 Å². The Morgan fingerprint density at radius 2 is 1.90 bits per heavy atom. The van der Waals surface area contributed by atoms with Gasteiger partial charge in [-0.3, -0.25) is 0 Å². The van der Waals surface area contributed by atoms with E-state index in [-0.39, 0.29) is 0 Å². The number of thioether (sulfide) groups is 1. The van der Waals surface area contributed by atoms with Crippen LogP contribution in [0.1, 0.15) is 20.3 Å². The fourth-order valence-electron chi connectivity index (χ4n) is 2.75. The highest BCUT2D eigenvalue weighted by Crippen LogP contribution is 2.38. The van der Waals surface area contributed by atoms with Gasteiger partial charge in [0.25, 0.3) is 0 Å². The van der Waals surface area contributed by atoms with Gasteiger partial charge in [0.1, 0.15) is 0 Å². The molecule has 3 rings (SSSR count). The third-order valence-electron chi connectivity index (χ3n) is 4.32. The zero-order valence-corrected chi connectivity index (χ0v) is 14.4. The van der Waals surface area contributed by atoms with Crippen molar-refractivity contribution in [3.8, 4) is 0 Å². The van der Waals surface area contributed by atoms with E-state index in [0.29, 0.717) is 11.5 Å². The summed E-state index contributed by atoms with van der Waals surface area (Å²) < 4.78 is 1.16. The molecule has 1 aliphatic rings. The second kappa shape index (κ2) is 5.61. The van der Waals surface area contributed by atoms with Crippen LogP contribution in [0.5, 0.6) is 0 Å². The minimum atomic E-state index is 0.361. The molecule has 1 heterocycles. The molecule has 1 fully saturated rings. The second-order valence-corrected chi connectivity index (χ2v) is 8.16. The third-order valence-corrected chi connectivity index (χ3v) is 6.07. The molecule has 0 spiro atoms. The van der Waals surface area contributed by atoms with Crippen LogP contribution in [0.3, 0.4) is 0 Å². The van der Waals surface area contributed by atoms with Gasteiger partial charge in [0.2, 0.25) is 0 Å². The molecular weight excluding hydrogens is 330 g/mol. The van der Waals surface area contributed by atoms with Crippen LogP contribution in [0.2, 0.25) is 0 Å². The number of halogens is 1. The molecule has 3 heteroatoms. The third kappa shape index (κ3) is 2.71. The molecule has 1 saturated heterocycles. The molecule has 1 aliphatic heterocycles. The van der Waals surface area contributed by atoms with Gasteiger partial charge < -0.3 is 5.32 Å². The Morgan fingerprint density at radius 1 is 1.15 bits per heavy atom. The summed E-state index contributed by atoms with van der Waals surface area (Å²) in [5.41, 5.74) is 1.61. The van der Waals surface area contributed by atoms with Gasteiger partial charge in [0.05, 0.1) is 0 Å². The van der Waals surface area contributed by atoms with Crippen LogP contribution in [-0.4, -0.2) is 17.5 Å². The highest BCUT2D eigenvalue weighted by atomic mass is 79.9. The van der Waals surface area contributed by atoms with Crippen molar-refractivity contribution in [3.63, 3.8) is 0 Å². The van der Waals surface area contributed by atoms with Crippen LogP contribution in [0.25, 0.3) is 10.8 Å². The molecule has 0 radical (unpaired) electrons. The van der Waals surface area contributed by atoms with Crippen LogP contribution >= 0.6 is 27.7 Å². The predicted octanol–water partition coefficient (Wildman–Crippen LogP) is 5.55. The van der Waals surface area contributed by atoms with Gasteiger partial charge >= 0.3 is 0 Å². The summed E-state index contributed by atoms with van der Waals surface area (Å²) in [6.45, 7) is 4.76. The van der Waals surface area contributed by atoms with E-state index in [1.807, 2.05) is 0 Å². The maximum Gasteiger partial charge on any atom is 0.0423 e. The molecule has 0 bridgehead atoms. The lowest BCUT2D eigenvalue weighted by atomic mass is 9.82. The fraction of sp³-hybridized carbons (Fsp3) is 0.412. The highest BCUT2D eigenvalue weighted by Gasteiger charge is 2.32. The number of anilines is 1. The molecule has 0 aromatic heterocycles. The lowest BCUT2D eigenvalue weighted by Crippen LogP contribution is -2.41. The van der Waals surface area contributed by atoms with Crippen LogP contribution in [-0.2, 0) is 0 Å². The largest absolute Gasteiger partial charge is 0.380 e. The molecular formula is C17H20BrNS. The number of rotatable bonds is 2. The topological polar surface area (TPSA) is 12.0 Å². The van der Waals surface area contributed by atoms with Gasteiger partial charge in [-0.1, -0.05) is 54.0 Å². The van der Waals surface area contributed by atoms with E-state index in [1.54, 1.807) is 0 Å². The van der Waals surface area contributed by atoms with Crippen molar-refractivity contribution >= 4 is 44.2 Å². The molecule has 20 heavy (non-hydrogen) atoms. The van der Waals surface area contributed by atoms with Crippen LogP contribution in [0, 0.1) is 5.41 Å². The zero-order valence-electron chi connectivity index (χ0n) is 11.9. The number of hydrogen-bond acceptors (Lipinski definition) is 2. The Labute approximate surface area is 133 Å². The summed E-state index contributed by atoms with van der Waals surface area (Å²) in [5, 5.41) is 6.38. The number of nitrogens with one attached hydrogen (secondary N) is 1. The van der Waals surface area contributed by atoms with Crippen molar-refractivity contribution < 1.29 is 0 Å². The Morgan fingerprint density at radius 3 is 2.65 bits per heavy atom.